The first kappa shape index (κ1) is 13.4. The normalized spacial score (nSPS) is 18.9. The van der Waals surface area contributed by atoms with Crippen LogP contribution >= 0.6 is 11.8 Å². The van der Waals surface area contributed by atoms with E-state index in [0.717, 1.165) is 32.4 Å². The van der Waals surface area contributed by atoms with Crippen molar-refractivity contribution in [3.05, 3.63) is 12.4 Å². The van der Waals surface area contributed by atoms with E-state index in [4.69, 9.17) is 0 Å². The molecule has 1 amide bonds. The minimum Gasteiger partial charge on any atom is -0.342 e. The molecule has 0 bridgehead atoms. The quantitative estimate of drug-likeness (QED) is 0.832. The van der Waals surface area contributed by atoms with Gasteiger partial charge < -0.3 is 4.90 Å². The molecule has 1 aliphatic heterocycles. The minimum absolute atomic E-state index is 0.118. The fourth-order valence-electron chi connectivity index (χ4n) is 2.41. The topological polar surface area (TPSA) is 51.0 Å². The SMILES string of the molecule is CCC(SC)C(=O)N1CCC(n2ccnn2)CC1. The minimum atomic E-state index is 0.118. The van der Waals surface area contributed by atoms with Crippen LogP contribution in [-0.2, 0) is 4.79 Å². The van der Waals surface area contributed by atoms with E-state index in [1.54, 1.807) is 18.0 Å². The number of hydrogen-bond acceptors (Lipinski definition) is 4. The van der Waals surface area contributed by atoms with Crippen LogP contribution in [0, 0.1) is 0 Å². The summed E-state index contributed by atoms with van der Waals surface area (Å²) in [5.41, 5.74) is 0. The second-order valence-electron chi connectivity index (χ2n) is 4.57. The Morgan fingerprint density at radius 2 is 2.22 bits per heavy atom. The Labute approximate surface area is 112 Å². The third-order valence-corrected chi connectivity index (χ3v) is 4.63. The van der Waals surface area contributed by atoms with Crippen LogP contribution in [0.4, 0.5) is 0 Å². The van der Waals surface area contributed by atoms with E-state index in [1.165, 1.54) is 0 Å². The van der Waals surface area contributed by atoms with E-state index in [9.17, 15) is 4.79 Å². The second kappa shape index (κ2) is 6.22. The van der Waals surface area contributed by atoms with Gasteiger partial charge in [-0.05, 0) is 25.5 Å². The number of carbonyl (C=O) groups excluding carboxylic acids is 1. The van der Waals surface area contributed by atoms with Crippen molar-refractivity contribution in [2.24, 2.45) is 0 Å². The van der Waals surface area contributed by atoms with Crippen molar-refractivity contribution in [3.63, 3.8) is 0 Å². The Morgan fingerprint density at radius 1 is 1.50 bits per heavy atom. The molecule has 0 radical (unpaired) electrons. The molecule has 18 heavy (non-hydrogen) atoms. The molecule has 0 saturated carbocycles. The lowest BCUT2D eigenvalue weighted by Crippen LogP contribution is -2.43. The van der Waals surface area contributed by atoms with Crippen molar-refractivity contribution in [1.29, 1.82) is 0 Å². The number of aromatic nitrogens is 3. The molecule has 0 aliphatic carbocycles. The summed E-state index contributed by atoms with van der Waals surface area (Å²) in [4.78, 5) is 14.2. The Hall–Kier alpha value is -1.04. The van der Waals surface area contributed by atoms with Gasteiger partial charge in [-0.2, -0.15) is 11.8 Å². The van der Waals surface area contributed by atoms with Crippen LogP contribution in [0.25, 0.3) is 0 Å². The molecule has 1 saturated heterocycles. The van der Waals surface area contributed by atoms with Crippen LogP contribution in [0.1, 0.15) is 32.2 Å². The van der Waals surface area contributed by atoms with Gasteiger partial charge in [-0.3, -0.25) is 4.79 Å². The lowest BCUT2D eigenvalue weighted by Gasteiger charge is -2.33. The number of rotatable bonds is 4. The monoisotopic (exact) mass is 268 g/mol. The molecule has 1 atom stereocenters. The Morgan fingerprint density at radius 3 is 2.72 bits per heavy atom. The van der Waals surface area contributed by atoms with Crippen LogP contribution in [-0.4, -0.2) is 50.4 Å². The van der Waals surface area contributed by atoms with Crippen molar-refractivity contribution >= 4 is 17.7 Å². The number of carbonyl (C=O) groups is 1. The van der Waals surface area contributed by atoms with E-state index in [2.05, 4.69) is 17.2 Å². The van der Waals surface area contributed by atoms with Gasteiger partial charge in [0.15, 0.2) is 0 Å². The van der Waals surface area contributed by atoms with E-state index >= 15 is 0 Å². The summed E-state index contributed by atoms with van der Waals surface area (Å²) in [6.45, 7) is 3.74. The van der Waals surface area contributed by atoms with Crippen molar-refractivity contribution in [2.45, 2.75) is 37.5 Å². The Kier molecular flexibility index (Phi) is 4.63. The second-order valence-corrected chi connectivity index (χ2v) is 5.61. The van der Waals surface area contributed by atoms with Crippen molar-refractivity contribution in [3.8, 4) is 0 Å². The van der Waals surface area contributed by atoms with Crippen molar-refractivity contribution in [1.82, 2.24) is 19.9 Å². The lowest BCUT2D eigenvalue weighted by molar-refractivity contribution is -0.132. The number of thioether (sulfide) groups is 1. The molecule has 1 aliphatic rings. The fraction of sp³-hybridized carbons (Fsp3) is 0.750. The van der Waals surface area contributed by atoms with Crippen molar-refractivity contribution in [2.75, 3.05) is 19.3 Å². The van der Waals surface area contributed by atoms with Gasteiger partial charge in [-0.15, -0.1) is 5.10 Å². The molecule has 1 unspecified atom stereocenters. The Bertz CT molecular complexity index is 369. The van der Waals surface area contributed by atoms with Crippen molar-refractivity contribution < 1.29 is 4.79 Å². The largest absolute Gasteiger partial charge is 0.342 e. The van der Waals surface area contributed by atoms with E-state index < -0.39 is 0 Å². The molecular formula is C12H20N4OS. The molecule has 6 heteroatoms. The first-order chi connectivity index (χ1) is 8.76. The first-order valence-electron chi connectivity index (χ1n) is 6.43. The molecule has 1 aromatic heterocycles. The van der Waals surface area contributed by atoms with Crippen LogP contribution in [0.5, 0.6) is 0 Å². The molecule has 100 valence electrons. The fourth-order valence-corrected chi connectivity index (χ4v) is 3.09. The zero-order chi connectivity index (χ0) is 13.0. The summed E-state index contributed by atoms with van der Waals surface area (Å²) in [5, 5.41) is 7.99. The average molecular weight is 268 g/mol. The Balaban J connectivity index is 1.88. The van der Waals surface area contributed by atoms with Gasteiger partial charge in [-0.25, -0.2) is 4.68 Å². The molecule has 2 rings (SSSR count). The van der Waals surface area contributed by atoms with Crippen LogP contribution < -0.4 is 0 Å². The third-order valence-electron chi connectivity index (χ3n) is 3.52. The summed E-state index contributed by atoms with van der Waals surface area (Å²) in [6.07, 6.45) is 8.47. The smallest absolute Gasteiger partial charge is 0.235 e. The summed E-state index contributed by atoms with van der Waals surface area (Å²) < 4.78 is 1.91. The van der Waals surface area contributed by atoms with E-state index in [0.29, 0.717) is 11.9 Å². The van der Waals surface area contributed by atoms with Gasteiger partial charge in [0.05, 0.1) is 17.5 Å². The van der Waals surface area contributed by atoms with Gasteiger partial charge in [0.2, 0.25) is 5.91 Å². The van der Waals surface area contributed by atoms with Crippen LogP contribution in [0.15, 0.2) is 12.4 Å². The van der Waals surface area contributed by atoms with E-state index in [1.807, 2.05) is 22.0 Å². The van der Waals surface area contributed by atoms with Gasteiger partial charge >= 0.3 is 0 Å². The standard InChI is InChI=1S/C12H20N4OS/c1-3-11(18-2)12(17)15-7-4-10(5-8-15)16-9-6-13-14-16/h6,9-11H,3-5,7-8H2,1-2H3. The van der Waals surface area contributed by atoms with Crippen LogP contribution in [0.3, 0.4) is 0 Å². The average Bonchev–Trinajstić information content (AvgIpc) is 2.94. The highest BCUT2D eigenvalue weighted by Gasteiger charge is 2.27. The zero-order valence-electron chi connectivity index (χ0n) is 11.0. The first-order valence-corrected chi connectivity index (χ1v) is 7.72. The molecule has 5 nitrogen and oxygen atoms in total. The molecule has 2 heterocycles. The highest BCUT2D eigenvalue weighted by molar-refractivity contribution is 7.99. The van der Waals surface area contributed by atoms with E-state index in [-0.39, 0.29) is 5.25 Å². The summed E-state index contributed by atoms with van der Waals surface area (Å²) in [7, 11) is 0. The molecule has 0 aromatic carbocycles. The lowest BCUT2D eigenvalue weighted by atomic mass is 10.0. The van der Waals surface area contributed by atoms with Gasteiger partial charge in [0.25, 0.3) is 0 Å². The van der Waals surface area contributed by atoms with Crippen LogP contribution in [0.2, 0.25) is 0 Å². The highest BCUT2D eigenvalue weighted by Crippen LogP contribution is 2.23. The number of hydrogen-bond donors (Lipinski definition) is 0. The molecule has 1 aromatic rings. The summed E-state index contributed by atoms with van der Waals surface area (Å²) >= 11 is 1.65. The predicted molar refractivity (Wildman–Crippen MR) is 72.5 cm³/mol. The maximum atomic E-state index is 12.2. The summed E-state index contributed by atoms with van der Waals surface area (Å²) in [5.74, 6) is 0.294. The summed E-state index contributed by atoms with van der Waals surface area (Å²) in [6, 6.07) is 0.394. The number of amides is 1. The van der Waals surface area contributed by atoms with Gasteiger partial charge in [0.1, 0.15) is 0 Å². The van der Waals surface area contributed by atoms with Gasteiger partial charge in [-0.1, -0.05) is 12.1 Å². The van der Waals surface area contributed by atoms with Gasteiger partial charge in [0, 0.05) is 19.3 Å². The zero-order valence-corrected chi connectivity index (χ0v) is 11.8. The molecular weight excluding hydrogens is 248 g/mol. The predicted octanol–water partition coefficient (Wildman–Crippen LogP) is 1.58. The third kappa shape index (κ3) is 2.85. The number of piperidine rings is 1. The maximum absolute atomic E-state index is 12.2. The highest BCUT2D eigenvalue weighted by atomic mass is 32.2. The number of likely N-dealkylation sites (tertiary alicyclic amines) is 1. The molecule has 0 N–H and O–H groups in total. The molecule has 1 fully saturated rings. The maximum Gasteiger partial charge on any atom is 0.235 e. The molecule has 0 spiro atoms. The number of nitrogens with zero attached hydrogens (tertiary/aromatic N) is 4.